The third kappa shape index (κ3) is 3.80. The lowest BCUT2D eigenvalue weighted by Crippen LogP contribution is -2.29. The summed E-state index contributed by atoms with van der Waals surface area (Å²) < 4.78 is 4.95. The lowest BCUT2D eigenvalue weighted by molar-refractivity contribution is -0.131. The van der Waals surface area contributed by atoms with E-state index < -0.39 is 0 Å². The molecule has 0 aliphatic carbocycles. The highest BCUT2D eigenvalue weighted by atomic mass is 16.5. The molecule has 0 saturated carbocycles. The Kier molecular flexibility index (Phi) is 5.14. The van der Waals surface area contributed by atoms with Gasteiger partial charge in [0.25, 0.3) is 0 Å². The fraction of sp³-hybridized carbons (Fsp3) is 0.714. The van der Waals surface area contributed by atoms with Gasteiger partial charge >= 0.3 is 0 Å². The number of rotatable bonds is 6. The number of aromatic nitrogens is 2. The standard InChI is InChI=1S/C14H24N4O2/c1-17(2)10-12-8-15-14(16-12)11-4-6-18(9-11)13(19)5-7-20-3/h8,11H,4-7,9-10H2,1-3H3,(H,15,16)/t11-/m1/s1. The summed E-state index contributed by atoms with van der Waals surface area (Å²) in [5.41, 5.74) is 1.12. The molecular formula is C14H24N4O2. The Morgan fingerprint density at radius 3 is 3.10 bits per heavy atom. The number of carbonyl (C=O) groups excluding carboxylic acids is 1. The molecule has 2 heterocycles. The topological polar surface area (TPSA) is 61.5 Å². The van der Waals surface area contributed by atoms with Crippen molar-refractivity contribution in [1.82, 2.24) is 19.8 Å². The molecule has 1 saturated heterocycles. The summed E-state index contributed by atoms with van der Waals surface area (Å²) in [5, 5.41) is 0. The second-order valence-electron chi connectivity index (χ2n) is 5.60. The van der Waals surface area contributed by atoms with E-state index in [4.69, 9.17) is 4.74 Å². The molecule has 1 fully saturated rings. The van der Waals surface area contributed by atoms with Crippen LogP contribution in [0.5, 0.6) is 0 Å². The van der Waals surface area contributed by atoms with E-state index in [-0.39, 0.29) is 5.91 Å². The van der Waals surface area contributed by atoms with Gasteiger partial charge in [-0.2, -0.15) is 0 Å². The van der Waals surface area contributed by atoms with Gasteiger partial charge in [-0.1, -0.05) is 0 Å². The maximum atomic E-state index is 11.9. The van der Waals surface area contributed by atoms with Crippen molar-refractivity contribution in [2.75, 3.05) is 40.9 Å². The molecule has 1 aromatic rings. The van der Waals surface area contributed by atoms with E-state index in [1.54, 1.807) is 7.11 Å². The van der Waals surface area contributed by atoms with Crippen molar-refractivity contribution in [3.8, 4) is 0 Å². The van der Waals surface area contributed by atoms with E-state index in [0.29, 0.717) is 18.9 Å². The Labute approximate surface area is 120 Å². The summed E-state index contributed by atoms with van der Waals surface area (Å²) in [6.07, 6.45) is 3.34. The number of carbonyl (C=O) groups is 1. The largest absolute Gasteiger partial charge is 0.384 e. The average Bonchev–Trinajstić information content (AvgIpc) is 3.03. The van der Waals surface area contributed by atoms with Crippen LogP contribution in [0.2, 0.25) is 0 Å². The van der Waals surface area contributed by atoms with Crippen LogP contribution in [-0.2, 0) is 16.1 Å². The predicted molar refractivity (Wildman–Crippen MR) is 76.4 cm³/mol. The quantitative estimate of drug-likeness (QED) is 0.838. The molecule has 20 heavy (non-hydrogen) atoms. The Morgan fingerprint density at radius 2 is 2.40 bits per heavy atom. The molecule has 0 aromatic carbocycles. The van der Waals surface area contributed by atoms with Crippen LogP contribution in [0.4, 0.5) is 0 Å². The first-order valence-corrected chi connectivity index (χ1v) is 7.05. The van der Waals surface area contributed by atoms with Gasteiger partial charge in [0, 0.05) is 44.6 Å². The third-order valence-electron chi connectivity index (χ3n) is 3.58. The Bertz CT molecular complexity index is 444. The van der Waals surface area contributed by atoms with Gasteiger partial charge in [0.05, 0.1) is 13.0 Å². The van der Waals surface area contributed by atoms with Crippen molar-refractivity contribution in [3.05, 3.63) is 17.7 Å². The van der Waals surface area contributed by atoms with Crippen LogP contribution in [-0.4, -0.2) is 66.6 Å². The van der Waals surface area contributed by atoms with E-state index >= 15 is 0 Å². The highest BCUT2D eigenvalue weighted by Crippen LogP contribution is 2.25. The molecule has 0 bridgehead atoms. The number of aromatic amines is 1. The molecule has 1 aliphatic rings. The first-order valence-electron chi connectivity index (χ1n) is 7.05. The molecule has 1 amide bonds. The molecule has 2 rings (SSSR count). The maximum Gasteiger partial charge on any atom is 0.224 e. The number of likely N-dealkylation sites (tertiary alicyclic amines) is 1. The minimum Gasteiger partial charge on any atom is -0.384 e. The number of nitrogens with zero attached hydrogens (tertiary/aromatic N) is 3. The number of methoxy groups -OCH3 is 1. The van der Waals surface area contributed by atoms with E-state index in [2.05, 4.69) is 14.9 Å². The monoisotopic (exact) mass is 280 g/mol. The lowest BCUT2D eigenvalue weighted by Gasteiger charge is -2.15. The van der Waals surface area contributed by atoms with Crippen molar-refractivity contribution in [1.29, 1.82) is 0 Å². The Morgan fingerprint density at radius 1 is 1.60 bits per heavy atom. The van der Waals surface area contributed by atoms with Gasteiger partial charge in [-0.05, 0) is 20.5 Å². The molecular weight excluding hydrogens is 256 g/mol. The van der Waals surface area contributed by atoms with Crippen molar-refractivity contribution in [2.24, 2.45) is 0 Å². The number of amides is 1. The fourth-order valence-corrected chi connectivity index (χ4v) is 2.56. The van der Waals surface area contributed by atoms with E-state index in [0.717, 1.165) is 37.6 Å². The van der Waals surface area contributed by atoms with Crippen LogP contribution < -0.4 is 0 Å². The van der Waals surface area contributed by atoms with Crippen LogP contribution in [0.15, 0.2) is 6.20 Å². The van der Waals surface area contributed by atoms with Crippen molar-refractivity contribution in [2.45, 2.75) is 25.3 Å². The Balaban J connectivity index is 1.89. The van der Waals surface area contributed by atoms with Crippen molar-refractivity contribution in [3.63, 3.8) is 0 Å². The molecule has 112 valence electrons. The van der Waals surface area contributed by atoms with E-state index in [9.17, 15) is 4.79 Å². The Hall–Kier alpha value is -1.40. The van der Waals surface area contributed by atoms with Crippen LogP contribution in [0, 0.1) is 0 Å². The van der Waals surface area contributed by atoms with Gasteiger partial charge in [0.2, 0.25) is 5.91 Å². The van der Waals surface area contributed by atoms with Gasteiger partial charge in [0.1, 0.15) is 5.82 Å². The number of hydrogen-bond acceptors (Lipinski definition) is 4. The highest BCUT2D eigenvalue weighted by Gasteiger charge is 2.28. The molecule has 1 aliphatic heterocycles. The molecule has 6 nitrogen and oxygen atoms in total. The molecule has 0 unspecified atom stereocenters. The number of ether oxygens (including phenoxy) is 1. The van der Waals surface area contributed by atoms with Crippen LogP contribution in [0.1, 0.15) is 30.3 Å². The normalized spacial score (nSPS) is 19.0. The summed E-state index contributed by atoms with van der Waals surface area (Å²) >= 11 is 0. The maximum absolute atomic E-state index is 11.9. The first kappa shape index (κ1) is 15.0. The van der Waals surface area contributed by atoms with Crippen LogP contribution in [0.25, 0.3) is 0 Å². The van der Waals surface area contributed by atoms with Gasteiger partial charge in [-0.15, -0.1) is 0 Å². The predicted octanol–water partition coefficient (Wildman–Crippen LogP) is 0.824. The summed E-state index contributed by atoms with van der Waals surface area (Å²) in [6.45, 7) is 2.93. The molecule has 1 aromatic heterocycles. The molecule has 1 atom stereocenters. The van der Waals surface area contributed by atoms with Crippen LogP contribution >= 0.6 is 0 Å². The van der Waals surface area contributed by atoms with Gasteiger partial charge < -0.3 is 19.5 Å². The number of imidazole rings is 1. The first-order chi connectivity index (χ1) is 9.60. The SMILES string of the molecule is COCCC(=O)N1CC[C@@H](c2ncc(CN(C)C)[nH]2)C1. The van der Waals surface area contributed by atoms with E-state index in [1.165, 1.54) is 0 Å². The lowest BCUT2D eigenvalue weighted by atomic mass is 10.1. The molecule has 0 radical (unpaired) electrons. The zero-order valence-corrected chi connectivity index (χ0v) is 12.6. The highest BCUT2D eigenvalue weighted by molar-refractivity contribution is 5.76. The zero-order chi connectivity index (χ0) is 14.5. The minimum atomic E-state index is 0.175. The van der Waals surface area contributed by atoms with E-state index in [1.807, 2.05) is 25.2 Å². The minimum absolute atomic E-state index is 0.175. The summed E-state index contributed by atoms with van der Waals surface area (Å²) in [6, 6.07) is 0. The summed E-state index contributed by atoms with van der Waals surface area (Å²) in [4.78, 5) is 23.8. The van der Waals surface area contributed by atoms with Gasteiger partial charge in [0.15, 0.2) is 0 Å². The molecule has 0 spiro atoms. The summed E-state index contributed by atoms with van der Waals surface area (Å²) in [5.74, 6) is 1.51. The smallest absolute Gasteiger partial charge is 0.224 e. The second-order valence-corrected chi connectivity index (χ2v) is 5.60. The number of hydrogen-bond donors (Lipinski definition) is 1. The van der Waals surface area contributed by atoms with Crippen LogP contribution in [0.3, 0.4) is 0 Å². The zero-order valence-electron chi connectivity index (χ0n) is 12.6. The van der Waals surface area contributed by atoms with Crippen molar-refractivity contribution < 1.29 is 9.53 Å². The number of H-pyrrole nitrogens is 1. The third-order valence-corrected chi connectivity index (χ3v) is 3.58. The fourth-order valence-electron chi connectivity index (χ4n) is 2.56. The molecule has 1 N–H and O–H groups in total. The van der Waals surface area contributed by atoms with Gasteiger partial charge in [-0.25, -0.2) is 4.98 Å². The average molecular weight is 280 g/mol. The number of nitrogens with one attached hydrogen (secondary N) is 1. The summed E-state index contributed by atoms with van der Waals surface area (Å²) in [7, 11) is 5.69. The molecule has 6 heteroatoms. The van der Waals surface area contributed by atoms with Gasteiger partial charge in [-0.3, -0.25) is 4.79 Å². The second kappa shape index (κ2) is 6.85. The van der Waals surface area contributed by atoms with Crippen molar-refractivity contribution >= 4 is 5.91 Å².